The van der Waals surface area contributed by atoms with Gasteiger partial charge in [0.05, 0.1) is 13.2 Å². The first-order chi connectivity index (χ1) is 10.8. The Kier molecular flexibility index (Phi) is 4.28. The van der Waals surface area contributed by atoms with E-state index in [4.69, 9.17) is 4.74 Å². The zero-order valence-corrected chi connectivity index (χ0v) is 13.5. The summed E-state index contributed by atoms with van der Waals surface area (Å²) in [5, 5.41) is 4.67. The van der Waals surface area contributed by atoms with Crippen molar-refractivity contribution in [1.82, 2.24) is 10.3 Å². The average Bonchev–Trinajstić information content (AvgIpc) is 2.92. The van der Waals surface area contributed by atoms with Gasteiger partial charge in [-0.15, -0.1) is 12.4 Å². The van der Waals surface area contributed by atoms with E-state index in [0.717, 1.165) is 35.5 Å². The summed E-state index contributed by atoms with van der Waals surface area (Å²) in [6.07, 6.45) is 0.953. The van der Waals surface area contributed by atoms with E-state index in [-0.39, 0.29) is 24.3 Å². The van der Waals surface area contributed by atoms with E-state index in [1.54, 1.807) is 19.2 Å². The highest BCUT2D eigenvalue weighted by atomic mass is 35.5. The molecule has 23 heavy (non-hydrogen) atoms. The molecule has 0 fully saturated rings. The van der Waals surface area contributed by atoms with Crippen LogP contribution in [0.4, 0.5) is 4.39 Å². The van der Waals surface area contributed by atoms with Crippen molar-refractivity contribution in [3.63, 3.8) is 0 Å². The van der Waals surface area contributed by atoms with Gasteiger partial charge in [-0.2, -0.15) is 0 Å². The maximum Gasteiger partial charge on any atom is 0.123 e. The van der Waals surface area contributed by atoms with Crippen molar-refractivity contribution in [3.8, 4) is 5.75 Å². The van der Waals surface area contributed by atoms with E-state index in [9.17, 15) is 4.39 Å². The minimum absolute atomic E-state index is 0. The number of benzene rings is 2. The fourth-order valence-corrected chi connectivity index (χ4v) is 3.30. The molecule has 0 amide bonds. The van der Waals surface area contributed by atoms with Gasteiger partial charge in [-0.25, -0.2) is 4.39 Å². The SMILES string of the molecule is COc1ccc2[nH]c3c(c2c1)CCNC3c1cccc(F)c1.Cl. The number of H-pyrrole nitrogens is 1. The molecule has 2 heterocycles. The van der Waals surface area contributed by atoms with Crippen molar-refractivity contribution < 1.29 is 9.13 Å². The lowest BCUT2D eigenvalue weighted by atomic mass is 9.94. The summed E-state index contributed by atoms with van der Waals surface area (Å²) in [4.78, 5) is 3.49. The second-order valence-corrected chi connectivity index (χ2v) is 5.62. The second kappa shape index (κ2) is 6.22. The first kappa shape index (κ1) is 15.8. The Hall–Kier alpha value is -2.04. The number of aromatic nitrogens is 1. The third-order valence-electron chi connectivity index (χ3n) is 4.34. The molecular formula is C18H18ClFN2O. The molecule has 1 aliphatic rings. The number of fused-ring (bicyclic) bond motifs is 3. The van der Waals surface area contributed by atoms with E-state index in [0.29, 0.717) is 0 Å². The topological polar surface area (TPSA) is 37.0 Å². The Morgan fingerprint density at radius 3 is 2.83 bits per heavy atom. The highest BCUT2D eigenvalue weighted by Gasteiger charge is 2.25. The molecule has 4 rings (SSSR count). The van der Waals surface area contributed by atoms with Crippen LogP contribution in [0.5, 0.6) is 5.75 Å². The number of ether oxygens (including phenoxy) is 1. The van der Waals surface area contributed by atoms with Crippen LogP contribution in [0.15, 0.2) is 42.5 Å². The lowest BCUT2D eigenvalue weighted by Crippen LogP contribution is -2.30. The van der Waals surface area contributed by atoms with Crippen molar-refractivity contribution in [2.45, 2.75) is 12.5 Å². The van der Waals surface area contributed by atoms with Gasteiger partial charge in [-0.3, -0.25) is 0 Å². The summed E-state index contributed by atoms with van der Waals surface area (Å²) in [7, 11) is 1.68. The number of aromatic amines is 1. The van der Waals surface area contributed by atoms with Crippen molar-refractivity contribution >= 4 is 23.3 Å². The first-order valence-electron chi connectivity index (χ1n) is 7.43. The molecule has 3 aromatic rings. The van der Waals surface area contributed by atoms with Crippen molar-refractivity contribution in [2.24, 2.45) is 0 Å². The summed E-state index contributed by atoms with van der Waals surface area (Å²) >= 11 is 0. The fraction of sp³-hybridized carbons (Fsp3) is 0.222. The molecule has 3 nitrogen and oxygen atoms in total. The molecule has 0 aliphatic carbocycles. The Balaban J connectivity index is 0.00000156. The quantitative estimate of drug-likeness (QED) is 0.745. The fourth-order valence-electron chi connectivity index (χ4n) is 3.30. The molecule has 0 radical (unpaired) electrons. The van der Waals surface area contributed by atoms with Crippen molar-refractivity contribution in [1.29, 1.82) is 0 Å². The predicted octanol–water partition coefficient (Wildman–Crippen LogP) is 3.97. The van der Waals surface area contributed by atoms with Crippen LogP contribution in [0.2, 0.25) is 0 Å². The molecule has 2 N–H and O–H groups in total. The van der Waals surface area contributed by atoms with Gasteiger partial charge in [-0.05, 0) is 47.9 Å². The number of nitrogens with one attached hydrogen (secondary N) is 2. The van der Waals surface area contributed by atoms with Gasteiger partial charge in [0.1, 0.15) is 11.6 Å². The standard InChI is InChI=1S/C18H17FN2O.ClH/c1-22-13-5-6-16-15(10-13)14-7-8-20-17(18(14)21-16)11-3-2-4-12(19)9-11;/h2-6,9-10,17,20-21H,7-8H2,1H3;1H. The van der Waals surface area contributed by atoms with Crippen LogP contribution in [-0.4, -0.2) is 18.6 Å². The average molecular weight is 333 g/mol. The highest BCUT2D eigenvalue weighted by Crippen LogP contribution is 2.35. The van der Waals surface area contributed by atoms with Crippen LogP contribution in [0.1, 0.15) is 22.9 Å². The lowest BCUT2D eigenvalue weighted by Gasteiger charge is -2.24. The minimum atomic E-state index is -0.204. The molecule has 0 saturated carbocycles. The molecular weight excluding hydrogens is 315 g/mol. The molecule has 120 valence electrons. The van der Waals surface area contributed by atoms with Crippen molar-refractivity contribution in [3.05, 3.63) is 65.1 Å². The van der Waals surface area contributed by atoms with Gasteiger partial charge in [0.2, 0.25) is 0 Å². The second-order valence-electron chi connectivity index (χ2n) is 5.62. The van der Waals surface area contributed by atoms with Gasteiger partial charge >= 0.3 is 0 Å². The Bertz CT molecular complexity index is 846. The third-order valence-corrected chi connectivity index (χ3v) is 4.34. The Morgan fingerprint density at radius 2 is 2.04 bits per heavy atom. The monoisotopic (exact) mass is 332 g/mol. The van der Waals surface area contributed by atoms with Gasteiger partial charge in [-0.1, -0.05) is 12.1 Å². The van der Waals surface area contributed by atoms with Gasteiger partial charge in [0.25, 0.3) is 0 Å². The van der Waals surface area contributed by atoms with Gasteiger partial charge in [0, 0.05) is 23.1 Å². The number of hydrogen-bond donors (Lipinski definition) is 2. The molecule has 1 aromatic heterocycles. The predicted molar refractivity (Wildman–Crippen MR) is 92.0 cm³/mol. The summed E-state index contributed by atoms with van der Waals surface area (Å²) in [6, 6.07) is 12.8. The summed E-state index contributed by atoms with van der Waals surface area (Å²) in [5.41, 5.74) is 4.46. The highest BCUT2D eigenvalue weighted by molar-refractivity contribution is 5.86. The smallest absolute Gasteiger partial charge is 0.123 e. The van der Waals surface area contributed by atoms with E-state index in [1.807, 2.05) is 18.2 Å². The zero-order valence-electron chi connectivity index (χ0n) is 12.7. The first-order valence-corrected chi connectivity index (χ1v) is 7.43. The number of methoxy groups -OCH3 is 1. The maximum absolute atomic E-state index is 13.5. The minimum Gasteiger partial charge on any atom is -0.497 e. The molecule has 1 unspecified atom stereocenters. The molecule has 2 aromatic carbocycles. The largest absolute Gasteiger partial charge is 0.497 e. The molecule has 0 bridgehead atoms. The van der Waals surface area contributed by atoms with E-state index in [1.165, 1.54) is 17.0 Å². The molecule has 1 atom stereocenters. The molecule has 0 saturated heterocycles. The maximum atomic E-state index is 13.5. The van der Waals surface area contributed by atoms with Gasteiger partial charge in [0.15, 0.2) is 0 Å². The van der Waals surface area contributed by atoms with Crippen molar-refractivity contribution in [2.75, 3.05) is 13.7 Å². The van der Waals surface area contributed by atoms with Crippen LogP contribution in [0, 0.1) is 5.82 Å². The summed E-state index contributed by atoms with van der Waals surface area (Å²) < 4.78 is 18.9. The third kappa shape index (κ3) is 2.69. The van der Waals surface area contributed by atoms with Crippen LogP contribution >= 0.6 is 12.4 Å². The molecule has 1 aliphatic heterocycles. The van der Waals surface area contributed by atoms with Crippen LogP contribution in [-0.2, 0) is 6.42 Å². The number of rotatable bonds is 2. The van der Waals surface area contributed by atoms with Crippen LogP contribution in [0.25, 0.3) is 10.9 Å². The van der Waals surface area contributed by atoms with Gasteiger partial charge < -0.3 is 15.0 Å². The number of halogens is 2. The summed E-state index contributed by atoms with van der Waals surface area (Å²) in [6.45, 7) is 0.873. The Labute approximate surface area is 140 Å². The number of hydrogen-bond acceptors (Lipinski definition) is 2. The van der Waals surface area contributed by atoms with E-state index < -0.39 is 0 Å². The molecule has 0 spiro atoms. The van der Waals surface area contributed by atoms with Crippen LogP contribution < -0.4 is 10.1 Å². The summed E-state index contributed by atoms with van der Waals surface area (Å²) in [5.74, 6) is 0.652. The Morgan fingerprint density at radius 1 is 1.17 bits per heavy atom. The molecule has 5 heteroatoms. The van der Waals surface area contributed by atoms with Crippen LogP contribution in [0.3, 0.4) is 0 Å². The lowest BCUT2D eigenvalue weighted by molar-refractivity contribution is 0.415. The van der Waals surface area contributed by atoms with E-state index >= 15 is 0 Å². The normalized spacial score (nSPS) is 16.7. The zero-order chi connectivity index (χ0) is 15.1. The van der Waals surface area contributed by atoms with E-state index in [2.05, 4.69) is 16.4 Å².